The van der Waals surface area contributed by atoms with E-state index < -0.39 is 0 Å². The van der Waals surface area contributed by atoms with Crippen LogP contribution >= 0.6 is 0 Å². The van der Waals surface area contributed by atoms with Crippen molar-refractivity contribution >= 4 is 5.82 Å². The van der Waals surface area contributed by atoms with Crippen LogP contribution in [0, 0.1) is 11.3 Å². The molecule has 1 aliphatic rings. The molecular weight excluding hydrogens is 280 g/mol. The Morgan fingerprint density at radius 2 is 2.09 bits per heavy atom. The minimum Gasteiger partial charge on any atom is -0.467 e. The topological polar surface area (TPSA) is 101 Å². The third kappa shape index (κ3) is 2.34. The molecule has 2 aromatic heterocycles. The highest BCUT2D eigenvalue weighted by Crippen LogP contribution is 2.34. The van der Waals surface area contributed by atoms with Gasteiger partial charge in [-0.05, 0) is 12.6 Å². The van der Waals surface area contributed by atoms with E-state index >= 15 is 0 Å². The molecule has 0 saturated heterocycles. The molecular formula is C15H16N6O. The zero-order valence-corrected chi connectivity index (χ0v) is 12.5. The van der Waals surface area contributed by atoms with Crippen molar-refractivity contribution in [1.82, 2.24) is 19.9 Å². The first kappa shape index (κ1) is 14.2. The normalized spacial score (nSPS) is 14.2. The van der Waals surface area contributed by atoms with Crippen LogP contribution in [0.5, 0.6) is 6.01 Å². The van der Waals surface area contributed by atoms with Crippen molar-refractivity contribution in [3.63, 3.8) is 0 Å². The van der Waals surface area contributed by atoms with Gasteiger partial charge < -0.3 is 15.4 Å². The van der Waals surface area contributed by atoms with Crippen LogP contribution in [0.4, 0.5) is 5.82 Å². The van der Waals surface area contributed by atoms with Crippen LogP contribution in [0.3, 0.4) is 0 Å². The van der Waals surface area contributed by atoms with Gasteiger partial charge in [0, 0.05) is 48.7 Å². The number of nitrogen functional groups attached to an aromatic ring is 1. The van der Waals surface area contributed by atoms with Crippen molar-refractivity contribution in [2.45, 2.75) is 13.0 Å². The summed E-state index contributed by atoms with van der Waals surface area (Å²) in [4.78, 5) is 14.8. The fraction of sp³-hybridized carbons (Fsp3) is 0.333. The molecule has 7 heteroatoms. The van der Waals surface area contributed by atoms with E-state index in [0.717, 1.165) is 41.9 Å². The Balaban J connectivity index is 2.23. The maximum atomic E-state index is 9.48. The number of pyridine rings is 1. The third-order valence-electron chi connectivity index (χ3n) is 3.78. The Labute approximate surface area is 128 Å². The van der Waals surface area contributed by atoms with Gasteiger partial charge in [0.15, 0.2) is 0 Å². The van der Waals surface area contributed by atoms with E-state index in [1.54, 1.807) is 12.4 Å². The van der Waals surface area contributed by atoms with E-state index in [2.05, 4.69) is 25.9 Å². The van der Waals surface area contributed by atoms with Gasteiger partial charge in [-0.2, -0.15) is 5.26 Å². The molecule has 2 aromatic rings. The van der Waals surface area contributed by atoms with Gasteiger partial charge in [0.1, 0.15) is 17.5 Å². The van der Waals surface area contributed by atoms with Crippen LogP contribution in [0.15, 0.2) is 12.4 Å². The van der Waals surface area contributed by atoms with E-state index in [0.29, 0.717) is 5.56 Å². The minimum atomic E-state index is 0.261. The summed E-state index contributed by atoms with van der Waals surface area (Å²) in [5.74, 6) is 0.261. The van der Waals surface area contributed by atoms with Gasteiger partial charge in [0.25, 0.3) is 0 Å². The summed E-state index contributed by atoms with van der Waals surface area (Å²) in [6.07, 6.45) is 4.11. The van der Waals surface area contributed by atoms with Crippen molar-refractivity contribution in [1.29, 1.82) is 5.26 Å². The predicted octanol–water partition coefficient (Wildman–Crippen LogP) is 0.989. The SMILES string of the molecule is COc1ncc(-c2c(C#N)c(N)nc3c2CN(C)CC3)cn1. The molecule has 0 amide bonds. The molecule has 0 aromatic carbocycles. The summed E-state index contributed by atoms with van der Waals surface area (Å²) >= 11 is 0. The highest BCUT2D eigenvalue weighted by atomic mass is 16.5. The zero-order chi connectivity index (χ0) is 15.7. The van der Waals surface area contributed by atoms with E-state index in [-0.39, 0.29) is 11.8 Å². The average molecular weight is 296 g/mol. The van der Waals surface area contributed by atoms with Crippen LogP contribution in [0.2, 0.25) is 0 Å². The second-order valence-electron chi connectivity index (χ2n) is 5.23. The second kappa shape index (κ2) is 5.58. The molecule has 2 N–H and O–H groups in total. The molecule has 0 atom stereocenters. The Bertz CT molecular complexity index is 750. The van der Waals surface area contributed by atoms with E-state index in [1.807, 2.05) is 7.05 Å². The lowest BCUT2D eigenvalue weighted by Crippen LogP contribution is -2.28. The van der Waals surface area contributed by atoms with E-state index in [1.165, 1.54) is 7.11 Å². The molecule has 22 heavy (non-hydrogen) atoms. The molecule has 3 rings (SSSR count). The Morgan fingerprint density at radius 1 is 1.36 bits per heavy atom. The molecule has 3 heterocycles. The number of rotatable bonds is 2. The van der Waals surface area contributed by atoms with Crippen molar-refractivity contribution in [2.75, 3.05) is 26.4 Å². The first-order valence-corrected chi connectivity index (χ1v) is 6.90. The largest absolute Gasteiger partial charge is 0.467 e. The smallest absolute Gasteiger partial charge is 0.316 e. The molecule has 112 valence electrons. The first-order valence-electron chi connectivity index (χ1n) is 6.90. The van der Waals surface area contributed by atoms with Crippen LogP contribution < -0.4 is 10.5 Å². The summed E-state index contributed by atoms with van der Waals surface area (Å²) in [7, 11) is 3.55. The summed E-state index contributed by atoms with van der Waals surface area (Å²) < 4.78 is 4.98. The molecule has 0 radical (unpaired) electrons. The lowest BCUT2D eigenvalue weighted by molar-refractivity contribution is 0.310. The maximum absolute atomic E-state index is 9.48. The number of ether oxygens (including phenoxy) is 1. The molecule has 1 aliphatic heterocycles. The second-order valence-corrected chi connectivity index (χ2v) is 5.23. The summed E-state index contributed by atoms with van der Waals surface area (Å²) in [5, 5.41) is 9.48. The number of likely N-dealkylation sites (N-methyl/N-ethyl adjacent to an activating group) is 1. The van der Waals surface area contributed by atoms with Crippen molar-refractivity contribution < 1.29 is 4.74 Å². The third-order valence-corrected chi connectivity index (χ3v) is 3.78. The Morgan fingerprint density at radius 3 is 2.73 bits per heavy atom. The number of nitrogens with two attached hydrogens (primary N) is 1. The van der Waals surface area contributed by atoms with Crippen LogP contribution in [0.25, 0.3) is 11.1 Å². The Hall–Kier alpha value is -2.72. The Kier molecular flexibility index (Phi) is 3.61. The number of aromatic nitrogens is 3. The lowest BCUT2D eigenvalue weighted by Gasteiger charge is -2.27. The number of hydrogen-bond donors (Lipinski definition) is 1. The number of nitriles is 1. The van der Waals surface area contributed by atoms with Gasteiger partial charge in [0.2, 0.25) is 0 Å². The molecule has 0 aliphatic carbocycles. The number of hydrogen-bond acceptors (Lipinski definition) is 7. The van der Waals surface area contributed by atoms with Gasteiger partial charge in [-0.25, -0.2) is 15.0 Å². The molecule has 7 nitrogen and oxygen atoms in total. The maximum Gasteiger partial charge on any atom is 0.316 e. The van der Waals surface area contributed by atoms with Gasteiger partial charge in [0.05, 0.1) is 7.11 Å². The van der Waals surface area contributed by atoms with E-state index in [9.17, 15) is 5.26 Å². The molecule has 0 saturated carbocycles. The van der Waals surface area contributed by atoms with Gasteiger partial charge in [-0.1, -0.05) is 0 Å². The standard InChI is InChI=1S/C15H16N6O/c1-21-4-3-12-11(8-21)13(10(5-16)14(17)20-12)9-6-18-15(22-2)19-7-9/h6-7H,3-4,8H2,1-2H3,(H2,17,20). The van der Waals surface area contributed by atoms with Gasteiger partial charge in [-0.3, -0.25) is 0 Å². The quantitative estimate of drug-likeness (QED) is 0.881. The summed E-state index contributed by atoms with van der Waals surface area (Å²) in [6, 6.07) is 2.45. The van der Waals surface area contributed by atoms with Gasteiger partial charge in [-0.15, -0.1) is 0 Å². The molecule has 0 bridgehead atoms. The van der Waals surface area contributed by atoms with Crippen molar-refractivity contribution in [3.8, 4) is 23.2 Å². The zero-order valence-electron chi connectivity index (χ0n) is 12.5. The summed E-state index contributed by atoms with van der Waals surface area (Å²) in [6.45, 7) is 1.64. The summed E-state index contributed by atoms with van der Waals surface area (Å²) in [5.41, 5.74) is 9.84. The number of anilines is 1. The first-order chi connectivity index (χ1) is 10.6. The van der Waals surface area contributed by atoms with E-state index in [4.69, 9.17) is 10.5 Å². The molecule has 0 fully saturated rings. The van der Waals surface area contributed by atoms with Crippen molar-refractivity contribution in [2.24, 2.45) is 0 Å². The number of nitrogens with zero attached hydrogens (tertiary/aromatic N) is 5. The molecule has 0 unspecified atom stereocenters. The molecule has 0 spiro atoms. The van der Waals surface area contributed by atoms with Crippen LogP contribution in [0.1, 0.15) is 16.8 Å². The minimum absolute atomic E-state index is 0.261. The number of methoxy groups -OCH3 is 1. The highest BCUT2D eigenvalue weighted by molar-refractivity contribution is 5.78. The van der Waals surface area contributed by atoms with Crippen molar-refractivity contribution in [3.05, 3.63) is 29.2 Å². The van der Waals surface area contributed by atoms with Crippen LogP contribution in [-0.2, 0) is 13.0 Å². The lowest BCUT2D eigenvalue weighted by atomic mass is 9.92. The average Bonchev–Trinajstić information content (AvgIpc) is 2.54. The fourth-order valence-electron chi connectivity index (χ4n) is 2.70. The predicted molar refractivity (Wildman–Crippen MR) is 81.0 cm³/mol. The fourth-order valence-corrected chi connectivity index (χ4v) is 2.70. The monoisotopic (exact) mass is 296 g/mol. The van der Waals surface area contributed by atoms with Gasteiger partial charge >= 0.3 is 6.01 Å². The van der Waals surface area contributed by atoms with Crippen LogP contribution in [-0.4, -0.2) is 40.6 Å². The number of fused-ring (bicyclic) bond motifs is 1. The highest BCUT2D eigenvalue weighted by Gasteiger charge is 2.24.